The van der Waals surface area contributed by atoms with E-state index < -0.39 is 18.0 Å². The summed E-state index contributed by atoms with van der Waals surface area (Å²) in [5, 5.41) is 13.7. The average Bonchev–Trinajstić information content (AvgIpc) is 2.25. The normalized spacial score (nSPS) is 11.9. The number of carboxylic acids is 1. The molecule has 6 heteroatoms. The Morgan fingerprint density at radius 1 is 1.38 bits per heavy atom. The van der Waals surface area contributed by atoms with Crippen molar-refractivity contribution < 1.29 is 19.4 Å². The van der Waals surface area contributed by atoms with Gasteiger partial charge in [0.05, 0.1) is 0 Å². The standard InChI is InChI=1S/C10H20N2O4/c1-3-8(9(13)14)12-10(15)11-6-4-5-7-16-2/h8H,3-7H2,1-2H3,(H,13,14)(H2,11,12,15)/t8-/m0/s1. The van der Waals surface area contributed by atoms with Gasteiger partial charge in [-0.2, -0.15) is 0 Å². The third-order valence-corrected chi connectivity index (χ3v) is 2.07. The average molecular weight is 232 g/mol. The van der Waals surface area contributed by atoms with Gasteiger partial charge in [-0.15, -0.1) is 0 Å². The Labute approximate surface area is 95.4 Å². The SMILES string of the molecule is CC[C@H](NC(=O)NCCCCOC)C(=O)O. The van der Waals surface area contributed by atoms with Crippen LogP contribution < -0.4 is 10.6 Å². The van der Waals surface area contributed by atoms with Crippen molar-refractivity contribution in [2.75, 3.05) is 20.3 Å². The van der Waals surface area contributed by atoms with Crippen LogP contribution in [0.5, 0.6) is 0 Å². The third-order valence-electron chi connectivity index (χ3n) is 2.07. The fraction of sp³-hybridized carbons (Fsp3) is 0.800. The molecule has 0 aromatic rings. The Bertz CT molecular complexity index is 221. The molecule has 2 amide bonds. The maximum Gasteiger partial charge on any atom is 0.326 e. The van der Waals surface area contributed by atoms with E-state index in [1.54, 1.807) is 14.0 Å². The molecule has 0 saturated heterocycles. The van der Waals surface area contributed by atoms with Gasteiger partial charge in [0.2, 0.25) is 0 Å². The second-order valence-corrected chi connectivity index (χ2v) is 3.40. The van der Waals surface area contributed by atoms with Crippen molar-refractivity contribution in [2.24, 2.45) is 0 Å². The summed E-state index contributed by atoms with van der Waals surface area (Å²) in [5.41, 5.74) is 0. The van der Waals surface area contributed by atoms with Gasteiger partial charge >= 0.3 is 12.0 Å². The third kappa shape index (κ3) is 7.05. The summed E-state index contributed by atoms with van der Waals surface area (Å²) in [6.45, 7) is 2.89. The van der Waals surface area contributed by atoms with E-state index in [1.807, 2.05) is 0 Å². The van der Waals surface area contributed by atoms with Crippen molar-refractivity contribution in [2.45, 2.75) is 32.2 Å². The molecule has 0 saturated carbocycles. The van der Waals surface area contributed by atoms with E-state index in [0.717, 1.165) is 12.8 Å². The van der Waals surface area contributed by atoms with Gasteiger partial charge in [0.15, 0.2) is 0 Å². The van der Waals surface area contributed by atoms with Crippen molar-refractivity contribution in [1.82, 2.24) is 10.6 Å². The van der Waals surface area contributed by atoms with Gasteiger partial charge in [-0.05, 0) is 19.3 Å². The molecular weight excluding hydrogens is 212 g/mol. The van der Waals surface area contributed by atoms with Crippen LogP contribution in [0.15, 0.2) is 0 Å². The second-order valence-electron chi connectivity index (χ2n) is 3.40. The summed E-state index contributed by atoms with van der Waals surface area (Å²) in [5.74, 6) is -1.02. The molecular formula is C10H20N2O4. The number of ether oxygens (including phenoxy) is 1. The minimum Gasteiger partial charge on any atom is -0.480 e. The van der Waals surface area contributed by atoms with Gasteiger partial charge in [-0.25, -0.2) is 9.59 Å². The molecule has 0 aliphatic carbocycles. The number of methoxy groups -OCH3 is 1. The minimum atomic E-state index is -1.02. The lowest BCUT2D eigenvalue weighted by atomic mass is 10.2. The van der Waals surface area contributed by atoms with Crippen LogP contribution in [-0.4, -0.2) is 43.4 Å². The van der Waals surface area contributed by atoms with E-state index in [4.69, 9.17) is 9.84 Å². The summed E-state index contributed by atoms with van der Waals surface area (Å²) >= 11 is 0. The molecule has 3 N–H and O–H groups in total. The number of urea groups is 1. The summed E-state index contributed by atoms with van der Waals surface area (Å²) < 4.78 is 4.86. The van der Waals surface area contributed by atoms with Crippen LogP contribution >= 0.6 is 0 Å². The number of carboxylic acid groups (broad SMARTS) is 1. The lowest BCUT2D eigenvalue weighted by Crippen LogP contribution is -2.45. The van der Waals surface area contributed by atoms with E-state index in [2.05, 4.69) is 10.6 Å². The zero-order valence-electron chi connectivity index (χ0n) is 9.78. The molecule has 0 bridgehead atoms. The Morgan fingerprint density at radius 3 is 2.56 bits per heavy atom. The lowest BCUT2D eigenvalue weighted by Gasteiger charge is -2.12. The first-order chi connectivity index (χ1) is 7.61. The second kappa shape index (κ2) is 8.96. The number of hydrogen-bond donors (Lipinski definition) is 3. The smallest absolute Gasteiger partial charge is 0.326 e. The van der Waals surface area contributed by atoms with Crippen molar-refractivity contribution in [3.63, 3.8) is 0 Å². The Morgan fingerprint density at radius 2 is 2.06 bits per heavy atom. The highest BCUT2D eigenvalue weighted by molar-refractivity contribution is 5.82. The number of amides is 2. The molecule has 0 aromatic heterocycles. The fourth-order valence-corrected chi connectivity index (χ4v) is 1.12. The monoisotopic (exact) mass is 232 g/mol. The van der Waals surface area contributed by atoms with Crippen LogP contribution in [0.4, 0.5) is 4.79 Å². The summed E-state index contributed by atoms with van der Waals surface area (Å²) in [7, 11) is 1.62. The Hall–Kier alpha value is -1.30. The summed E-state index contributed by atoms with van der Waals surface area (Å²) in [6, 6.07) is -1.26. The number of aliphatic carboxylic acids is 1. The van der Waals surface area contributed by atoms with Crippen LogP contribution in [0.3, 0.4) is 0 Å². The molecule has 0 rings (SSSR count). The number of carbonyl (C=O) groups excluding carboxylic acids is 1. The molecule has 6 nitrogen and oxygen atoms in total. The quantitative estimate of drug-likeness (QED) is 0.534. The molecule has 0 aromatic carbocycles. The zero-order valence-corrected chi connectivity index (χ0v) is 9.78. The molecule has 0 aliphatic rings. The fourth-order valence-electron chi connectivity index (χ4n) is 1.12. The summed E-state index contributed by atoms with van der Waals surface area (Å²) in [6.07, 6.45) is 2.05. The predicted octanol–water partition coefficient (Wildman–Crippen LogP) is 0.575. The number of hydrogen-bond acceptors (Lipinski definition) is 3. The van der Waals surface area contributed by atoms with E-state index in [-0.39, 0.29) is 0 Å². The van der Waals surface area contributed by atoms with Crippen LogP contribution in [0.25, 0.3) is 0 Å². The van der Waals surface area contributed by atoms with E-state index in [1.165, 1.54) is 0 Å². The van der Waals surface area contributed by atoms with Crippen LogP contribution in [-0.2, 0) is 9.53 Å². The maximum atomic E-state index is 11.2. The molecule has 0 fully saturated rings. The lowest BCUT2D eigenvalue weighted by molar-refractivity contribution is -0.139. The Kier molecular flexibility index (Phi) is 8.24. The highest BCUT2D eigenvalue weighted by Gasteiger charge is 2.16. The first-order valence-corrected chi connectivity index (χ1v) is 5.38. The molecule has 0 aliphatic heterocycles. The first-order valence-electron chi connectivity index (χ1n) is 5.38. The van der Waals surface area contributed by atoms with Crippen LogP contribution in [0, 0.1) is 0 Å². The van der Waals surface area contributed by atoms with Gasteiger partial charge in [0.1, 0.15) is 6.04 Å². The molecule has 1 atom stereocenters. The topological polar surface area (TPSA) is 87.7 Å². The predicted molar refractivity (Wildman–Crippen MR) is 59.4 cm³/mol. The van der Waals surface area contributed by atoms with Gasteiger partial charge in [-0.1, -0.05) is 6.92 Å². The van der Waals surface area contributed by atoms with Gasteiger partial charge in [0.25, 0.3) is 0 Å². The highest BCUT2D eigenvalue weighted by Crippen LogP contribution is 1.91. The van der Waals surface area contributed by atoms with Gasteiger partial charge in [-0.3, -0.25) is 0 Å². The molecule has 16 heavy (non-hydrogen) atoms. The number of unbranched alkanes of at least 4 members (excludes halogenated alkanes) is 1. The molecule has 0 unspecified atom stereocenters. The van der Waals surface area contributed by atoms with E-state index in [0.29, 0.717) is 19.6 Å². The van der Waals surface area contributed by atoms with Crippen molar-refractivity contribution in [3.8, 4) is 0 Å². The van der Waals surface area contributed by atoms with Crippen molar-refractivity contribution in [3.05, 3.63) is 0 Å². The van der Waals surface area contributed by atoms with E-state index >= 15 is 0 Å². The molecule has 0 spiro atoms. The molecule has 0 radical (unpaired) electrons. The van der Waals surface area contributed by atoms with Crippen LogP contribution in [0.2, 0.25) is 0 Å². The molecule has 94 valence electrons. The maximum absolute atomic E-state index is 11.2. The highest BCUT2D eigenvalue weighted by atomic mass is 16.5. The van der Waals surface area contributed by atoms with Crippen molar-refractivity contribution in [1.29, 1.82) is 0 Å². The van der Waals surface area contributed by atoms with E-state index in [9.17, 15) is 9.59 Å². The number of rotatable bonds is 8. The summed E-state index contributed by atoms with van der Waals surface area (Å²) in [4.78, 5) is 21.9. The molecule has 0 heterocycles. The van der Waals surface area contributed by atoms with Crippen molar-refractivity contribution >= 4 is 12.0 Å². The first kappa shape index (κ1) is 14.7. The van der Waals surface area contributed by atoms with Gasteiger partial charge < -0.3 is 20.5 Å². The number of nitrogens with one attached hydrogen (secondary N) is 2. The van der Waals surface area contributed by atoms with Crippen LogP contribution in [0.1, 0.15) is 26.2 Å². The Balaban J connectivity index is 3.61. The number of carbonyl (C=O) groups is 2. The minimum absolute atomic E-state index is 0.367. The zero-order chi connectivity index (χ0) is 12.4. The van der Waals surface area contributed by atoms with Gasteiger partial charge in [0, 0.05) is 20.3 Å². The largest absolute Gasteiger partial charge is 0.480 e.